The molecule has 0 aromatic heterocycles. The summed E-state index contributed by atoms with van der Waals surface area (Å²) in [6, 6.07) is 12.4. The first-order valence-corrected chi connectivity index (χ1v) is 6.08. The molecule has 1 aliphatic heterocycles. The Kier molecular flexibility index (Phi) is 3.06. The van der Waals surface area contributed by atoms with Gasteiger partial charge in [-0.2, -0.15) is 0 Å². The normalized spacial score (nSPS) is 27.7. The van der Waals surface area contributed by atoms with E-state index >= 15 is 0 Å². The SMILES string of the molecule is CC1(C)O[C](=[Ru+])C(c2ccccc2)C1C#N. The van der Waals surface area contributed by atoms with Crippen LogP contribution in [0.1, 0.15) is 25.3 Å². The van der Waals surface area contributed by atoms with Crippen LogP contribution in [0.3, 0.4) is 0 Å². The molecule has 0 aliphatic carbocycles. The van der Waals surface area contributed by atoms with Crippen molar-refractivity contribution < 1.29 is 22.6 Å². The van der Waals surface area contributed by atoms with Gasteiger partial charge in [0.2, 0.25) is 0 Å². The van der Waals surface area contributed by atoms with Gasteiger partial charge in [-0.05, 0) is 0 Å². The van der Waals surface area contributed by atoms with Crippen molar-refractivity contribution in [1.82, 2.24) is 0 Å². The molecule has 3 heteroatoms. The Balaban J connectivity index is 2.42. The van der Waals surface area contributed by atoms with Gasteiger partial charge in [0.05, 0.1) is 0 Å². The molecule has 2 unspecified atom stereocenters. The quantitative estimate of drug-likeness (QED) is 0.746. The van der Waals surface area contributed by atoms with Crippen molar-refractivity contribution in [2.24, 2.45) is 5.92 Å². The maximum absolute atomic E-state index is 9.30. The predicted molar refractivity (Wildman–Crippen MR) is 58.5 cm³/mol. The van der Waals surface area contributed by atoms with Crippen LogP contribution in [0.25, 0.3) is 0 Å². The molecule has 2 nitrogen and oxygen atoms in total. The number of nitrogens with zero attached hydrogens (tertiary/aromatic N) is 1. The van der Waals surface area contributed by atoms with Gasteiger partial charge in [-0.15, -0.1) is 0 Å². The van der Waals surface area contributed by atoms with Crippen molar-refractivity contribution in [2.75, 3.05) is 0 Å². The Hall–Kier alpha value is -0.837. The Morgan fingerprint density at radius 1 is 1.31 bits per heavy atom. The number of rotatable bonds is 1. The topological polar surface area (TPSA) is 33.0 Å². The van der Waals surface area contributed by atoms with Gasteiger partial charge in [-0.1, -0.05) is 0 Å². The Morgan fingerprint density at radius 3 is 2.50 bits per heavy atom. The molecule has 0 spiro atoms. The summed E-state index contributed by atoms with van der Waals surface area (Å²) in [5.41, 5.74) is 0.739. The average molecular weight is 300 g/mol. The molecule has 0 saturated carbocycles. The molecule has 1 heterocycles. The molecular weight excluding hydrogens is 287 g/mol. The van der Waals surface area contributed by atoms with Gasteiger partial charge >= 0.3 is 105 Å². The third-order valence-corrected chi connectivity index (χ3v) is 3.69. The second-order valence-electron chi connectivity index (χ2n) is 4.49. The van der Waals surface area contributed by atoms with E-state index in [1.807, 2.05) is 44.2 Å². The first-order chi connectivity index (χ1) is 7.56. The Labute approximate surface area is 105 Å². The van der Waals surface area contributed by atoms with Crippen molar-refractivity contribution in [1.29, 1.82) is 5.26 Å². The van der Waals surface area contributed by atoms with Crippen LogP contribution >= 0.6 is 0 Å². The minimum atomic E-state index is -0.407. The summed E-state index contributed by atoms with van der Waals surface area (Å²) in [6.45, 7) is 3.94. The van der Waals surface area contributed by atoms with E-state index in [1.165, 1.54) is 0 Å². The fourth-order valence-corrected chi connectivity index (χ4v) is 3.15. The fraction of sp³-hybridized carbons (Fsp3) is 0.385. The molecule has 0 radical (unpaired) electrons. The van der Waals surface area contributed by atoms with Crippen LogP contribution in [-0.2, 0) is 22.6 Å². The molecule has 1 aliphatic rings. The van der Waals surface area contributed by atoms with Crippen molar-refractivity contribution >= 4 is 4.29 Å². The van der Waals surface area contributed by atoms with Gasteiger partial charge in [0.15, 0.2) is 0 Å². The van der Waals surface area contributed by atoms with Crippen molar-refractivity contribution in [3.63, 3.8) is 0 Å². The van der Waals surface area contributed by atoms with Crippen LogP contribution in [0, 0.1) is 17.2 Å². The predicted octanol–water partition coefficient (Wildman–Crippen LogP) is 2.40. The van der Waals surface area contributed by atoms with Gasteiger partial charge in [-0.3, -0.25) is 0 Å². The summed E-state index contributed by atoms with van der Waals surface area (Å²) in [5, 5.41) is 9.30. The zero-order valence-corrected chi connectivity index (χ0v) is 11.0. The second kappa shape index (κ2) is 4.20. The summed E-state index contributed by atoms with van der Waals surface area (Å²) in [5.74, 6) is -0.0661. The first kappa shape index (κ1) is 11.6. The summed E-state index contributed by atoms with van der Waals surface area (Å²) in [6.07, 6.45) is 0. The van der Waals surface area contributed by atoms with Crippen LogP contribution in [0.5, 0.6) is 0 Å². The van der Waals surface area contributed by atoms with E-state index in [1.54, 1.807) is 0 Å². The second-order valence-corrected chi connectivity index (χ2v) is 5.35. The maximum atomic E-state index is 9.30. The molecular formula is C13H13NORu+. The van der Waals surface area contributed by atoms with Gasteiger partial charge in [-0.25, -0.2) is 0 Å². The molecule has 1 aromatic carbocycles. The molecule has 16 heavy (non-hydrogen) atoms. The van der Waals surface area contributed by atoms with E-state index in [0.717, 1.165) is 9.86 Å². The average Bonchev–Trinajstić information content (AvgIpc) is 2.48. The molecule has 2 rings (SSSR count). The minimum absolute atomic E-state index is 0.0672. The Morgan fingerprint density at radius 2 is 1.94 bits per heavy atom. The van der Waals surface area contributed by atoms with E-state index in [0.29, 0.717) is 0 Å². The van der Waals surface area contributed by atoms with Gasteiger partial charge in [0.1, 0.15) is 0 Å². The van der Waals surface area contributed by atoms with E-state index in [2.05, 4.69) is 23.9 Å². The molecule has 0 amide bonds. The van der Waals surface area contributed by atoms with Crippen molar-refractivity contribution in [2.45, 2.75) is 25.4 Å². The zero-order chi connectivity index (χ0) is 11.8. The van der Waals surface area contributed by atoms with Crippen LogP contribution < -0.4 is 0 Å². The summed E-state index contributed by atoms with van der Waals surface area (Å²) < 4.78 is 6.66. The molecule has 2 atom stereocenters. The third-order valence-electron chi connectivity index (χ3n) is 2.98. The van der Waals surface area contributed by atoms with E-state index in [9.17, 15) is 5.26 Å². The van der Waals surface area contributed by atoms with Gasteiger partial charge in [0.25, 0.3) is 0 Å². The number of hydrogen-bond donors (Lipinski definition) is 0. The molecule has 0 bridgehead atoms. The molecule has 0 N–H and O–H groups in total. The number of ether oxygens (including phenoxy) is 1. The van der Waals surface area contributed by atoms with Gasteiger partial charge in [0, 0.05) is 0 Å². The molecule has 83 valence electrons. The van der Waals surface area contributed by atoms with Crippen LogP contribution in [0.4, 0.5) is 0 Å². The van der Waals surface area contributed by atoms with E-state index in [4.69, 9.17) is 4.74 Å². The number of benzene rings is 1. The first-order valence-electron chi connectivity index (χ1n) is 5.21. The Bertz CT molecular complexity index is 447. The van der Waals surface area contributed by atoms with Crippen molar-refractivity contribution in [3.8, 4) is 6.07 Å². The number of nitriles is 1. The standard InChI is InChI=1S/C13H13NO.Ru/c1-13(2)12(8-14)11(9-15-13)10-6-4-3-5-7-10;/h3-7,11-12H,1-2H3;/q;+1. The van der Waals surface area contributed by atoms with Gasteiger partial charge < -0.3 is 0 Å². The zero-order valence-electron chi connectivity index (χ0n) is 9.25. The summed E-state index contributed by atoms with van der Waals surface area (Å²) in [7, 11) is 0. The molecule has 1 saturated heterocycles. The van der Waals surface area contributed by atoms with Crippen LogP contribution in [0.2, 0.25) is 0 Å². The summed E-state index contributed by atoms with van der Waals surface area (Å²) >= 11 is 2.52. The van der Waals surface area contributed by atoms with Crippen LogP contribution in [0.15, 0.2) is 30.3 Å². The number of hydrogen-bond acceptors (Lipinski definition) is 2. The van der Waals surface area contributed by atoms with Crippen molar-refractivity contribution in [3.05, 3.63) is 35.9 Å². The molecule has 1 fully saturated rings. The van der Waals surface area contributed by atoms with E-state index in [-0.39, 0.29) is 11.8 Å². The molecule has 1 aromatic rings. The third kappa shape index (κ3) is 1.88. The fourth-order valence-electron chi connectivity index (χ4n) is 2.11. The monoisotopic (exact) mass is 301 g/mol. The summed E-state index contributed by atoms with van der Waals surface area (Å²) in [4.78, 5) is 0. The van der Waals surface area contributed by atoms with Crippen LogP contribution in [-0.4, -0.2) is 9.89 Å². The van der Waals surface area contributed by atoms with E-state index < -0.39 is 5.60 Å².